The van der Waals surface area contributed by atoms with Gasteiger partial charge in [0.1, 0.15) is 6.33 Å². The van der Waals surface area contributed by atoms with Gasteiger partial charge in [0.05, 0.1) is 15.4 Å². The van der Waals surface area contributed by atoms with E-state index >= 15 is 0 Å². The Morgan fingerprint density at radius 3 is 2.79 bits per heavy atom. The van der Waals surface area contributed by atoms with Crippen molar-refractivity contribution in [2.75, 3.05) is 0 Å². The van der Waals surface area contributed by atoms with Crippen LogP contribution < -0.4 is 0 Å². The first-order valence-corrected chi connectivity index (χ1v) is 5.84. The number of nitro benzene ring substituents is 1. The number of carbonyl (C=O) groups is 1. The molecule has 0 aliphatic heterocycles. The van der Waals surface area contributed by atoms with Crippen LogP contribution in [-0.4, -0.2) is 30.8 Å². The Hall–Kier alpha value is -2.42. The zero-order valence-corrected chi connectivity index (χ0v) is 10.5. The van der Waals surface area contributed by atoms with Crippen LogP contribution in [0.15, 0.2) is 34.6 Å². The first kappa shape index (κ1) is 13.0. The molecule has 2 aromatic rings. The van der Waals surface area contributed by atoms with Gasteiger partial charge in [0, 0.05) is 13.1 Å². The van der Waals surface area contributed by atoms with E-state index < -0.39 is 10.9 Å². The molecular weight excluding hydrogens is 272 g/mol. The Morgan fingerprint density at radius 1 is 1.53 bits per heavy atom. The van der Waals surface area contributed by atoms with E-state index in [1.54, 1.807) is 7.05 Å². The molecule has 0 fully saturated rings. The molecule has 1 N–H and O–H groups in total. The van der Waals surface area contributed by atoms with Crippen LogP contribution in [0.2, 0.25) is 0 Å². The number of nitrogens with zero attached hydrogens (tertiary/aromatic N) is 4. The van der Waals surface area contributed by atoms with Crippen molar-refractivity contribution in [1.82, 2.24) is 14.8 Å². The molecule has 0 spiro atoms. The normalized spacial score (nSPS) is 10.4. The second kappa shape index (κ2) is 5.06. The summed E-state index contributed by atoms with van der Waals surface area (Å²) in [6.45, 7) is 0. The summed E-state index contributed by atoms with van der Waals surface area (Å²) in [6.07, 6.45) is 1.31. The Morgan fingerprint density at radius 2 is 2.26 bits per heavy atom. The fourth-order valence-corrected chi connectivity index (χ4v) is 2.26. The van der Waals surface area contributed by atoms with Crippen molar-refractivity contribution in [2.24, 2.45) is 7.05 Å². The highest BCUT2D eigenvalue weighted by atomic mass is 32.2. The summed E-state index contributed by atoms with van der Waals surface area (Å²) in [4.78, 5) is 25.4. The van der Waals surface area contributed by atoms with E-state index in [9.17, 15) is 14.9 Å². The predicted molar refractivity (Wildman–Crippen MR) is 65.2 cm³/mol. The number of benzene rings is 1. The van der Waals surface area contributed by atoms with Gasteiger partial charge < -0.3 is 5.11 Å². The van der Waals surface area contributed by atoms with Crippen molar-refractivity contribution >= 4 is 23.4 Å². The summed E-state index contributed by atoms with van der Waals surface area (Å²) < 4.78 is 1.45. The van der Waals surface area contributed by atoms with Crippen molar-refractivity contribution in [2.45, 2.75) is 10.1 Å². The maximum absolute atomic E-state index is 10.9. The van der Waals surface area contributed by atoms with Crippen LogP contribution in [0.25, 0.3) is 0 Å². The van der Waals surface area contributed by atoms with E-state index in [1.165, 1.54) is 29.2 Å². The molecule has 19 heavy (non-hydrogen) atoms. The minimum Gasteiger partial charge on any atom is -0.478 e. The van der Waals surface area contributed by atoms with E-state index in [0.29, 0.717) is 5.16 Å². The first-order valence-electron chi connectivity index (χ1n) is 5.02. The monoisotopic (exact) mass is 280 g/mol. The van der Waals surface area contributed by atoms with Crippen LogP contribution in [0.3, 0.4) is 0 Å². The SMILES string of the molecule is Cn1ncnc1Sc1cc(C(=O)O)ccc1[N+](=O)[O-]. The second-order valence-corrected chi connectivity index (χ2v) is 4.52. The lowest BCUT2D eigenvalue weighted by Crippen LogP contribution is -1.99. The summed E-state index contributed by atoms with van der Waals surface area (Å²) in [5.74, 6) is -1.14. The molecule has 9 heteroatoms. The molecular formula is C10H8N4O4S. The molecule has 0 saturated heterocycles. The molecule has 1 aromatic carbocycles. The van der Waals surface area contributed by atoms with Crippen LogP contribution in [0.1, 0.15) is 10.4 Å². The van der Waals surface area contributed by atoms with Gasteiger partial charge >= 0.3 is 5.97 Å². The Balaban J connectivity index is 2.46. The predicted octanol–water partition coefficient (Wildman–Crippen LogP) is 1.57. The van der Waals surface area contributed by atoms with E-state index in [-0.39, 0.29) is 16.1 Å². The minimum absolute atomic E-state index is 0.0183. The lowest BCUT2D eigenvalue weighted by molar-refractivity contribution is -0.387. The van der Waals surface area contributed by atoms with Gasteiger partial charge in [-0.15, -0.1) is 0 Å². The highest BCUT2D eigenvalue weighted by molar-refractivity contribution is 7.99. The topological polar surface area (TPSA) is 111 Å². The van der Waals surface area contributed by atoms with Crippen molar-refractivity contribution < 1.29 is 14.8 Å². The number of aromatic carboxylic acids is 1. The third-order valence-corrected chi connectivity index (χ3v) is 3.37. The Kier molecular flexibility index (Phi) is 3.47. The maximum Gasteiger partial charge on any atom is 0.335 e. The van der Waals surface area contributed by atoms with Crippen molar-refractivity contribution in [3.05, 3.63) is 40.2 Å². The van der Waals surface area contributed by atoms with Crippen LogP contribution in [-0.2, 0) is 7.05 Å². The van der Waals surface area contributed by atoms with Crippen LogP contribution in [0, 0.1) is 10.1 Å². The number of hydrogen-bond donors (Lipinski definition) is 1. The fraction of sp³-hybridized carbons (Fsp3) is 0.100. The molecule has 0 atom stereocenters. The summed E-state index contributed by atoms with van der Waals surface area (Å²) >= 11 is 0.992. The van der Waals surface area contributed by atoms with Gasteiger partial charge in [0.15, 0.2) is 5.16 Å². The summed E-state index contributed by atoms with van der Waals surface area (Å²) in [6, 6.07) is 3.61. The molecule has 2 rings (SSSR count). The standard InChI is InChI=1S/C10H8N4O4S/c1-13-10(11-5-12-13)19-8-4-6(9(15)16)2-3-7(8)14(17)18/h2-5H,1H3,(H,15,16). The van der Waals surface area contributed by atoms with Crippen LogP contribution >= 0.6 is 11.8 Å². The second-order valence-electron chi connectivity index (χ2n) is 3.51. The number of nitro groups is 1. The third-order valence-electron chi connectivity index (χ3n) is 2.27. The highest BCUT2D eigenvalue weighted by Crippen LogP contribution is 2.34. The lowest BCUT2D eigenvalue weighted by atomic mass is 10.2. The number of carboxylic acids is 1. The average Bonchev–Trinajstić information content (AvgIpc) is 2.74. The number of carboxylic acid groups (broad SMARTS) is 1. The Labute approximate surface area is 111 Å². The molecule has 0 aliphatic rings. The van der Waals surface area contributed by atoms with E-state index in [4.69, 9.17) is 5.11 Å². The van der Waals surface area contributed by atoms with Gasteiger partial charge in [-0.3, -0.25) is 10.1 Å². The number of aromatic nitrogens is 3. The van der Waals surface area contributed by atoms with E-state index in [0.717, 1.165) is 11.8 Å². The number of aryl methyl sites for hydroxylation is 1. The molecule has 1 heterocycles. The molecule has 98 valence electrons. The van der Waals surface area contributed by atoms with Gasteiger partial charge in [-0.05, 0) is 23.9 Å². The number of rotatable bonds is 4. The van der Waals surface area contributed by atoms with Crippen molar-refractivity contribution in [3.8, 4) is 0 Å². The van der Waals surface area contributed by atoms with Gasteiger partial charge in [-0.25, -0.2) is 14.5 Å². The third kappa shape index (κ3) is 2.71. The van der Waals surface area contributed by atoms with E-state index in [2.05, 4.69) is 10.1 Å². The zero-order chi connectivity index (χ0) is 14.0. The maximum atomic E-state index is 10.9. The van der Waals surface area contributed by atoms with Crippen LogP contribution in [0.5, 0.6) is 0 Å². The summed E-state index contributed by atoms with van der Waals surface area (Å²) in [7, 11) is 1.64. The van der Waals surface area contributed by atoms with E-state index in [1.807, 2.05) is 0 Å². The summed E-state index contributed by atoms with van der Waals surface area (Å²) in [5.41, 5.74) is -0.187. The molecule has 0 radical (unpaired) electrons. The smallest absolute Gasteiger partial charge is 0.335 e. The molecule has 0 unspecified atom stereocenters. The highest BCUT2D eigenvalue weighted by Gasteiger charge is 2.19. The zero-order valence-electron chi connectivity index (χ0n) is 9.68. The lowest BCUT2D eigenvalue weighted by Gasteiger charge is -2.03. The molecule has 1 aromatic heterocycles. The number of hydrogen-bond acceptors (Lipinski definition) is 6. The first-order chi connectivity index (χ1) is 8.99. The van der Waals surface area contributed by atoms with Crippen LogP contribution in [0.4, 0.5) is 5.69 Å². The van der Waals surface area contributed by atoms with Gasteiger partial charge in [-0.1, -0.05) is 0 Å². The summed E-state index contributed by atoms with van der Waals surface area (Å²) in [5, 5.41) is 24.1. The molecule has 0 aliphatic carbocycles. The average molecular weight is 280 g/mol. The van der Waals surface area contributed by atoms with Gasteiger partial charge in [-0.2, -0.15) is 5.10 Å². The molecule has 0 bridgehead atoms. The minimum atomic E-state index is -1.14. The largest absolute Gasteiger partial charge is 0.478 e. The molecule has 0 amide bonds. The van der Waals surface area contributed by atoms with Gasteiger partial charge in [0.25, 0.3) is 5.69 Å². The van der Waals surface area contributed by atoms with Crippen molar-refractivity contribution in [1.29, 1.82) is 0 Å². The quantitative estimate of drug-likeness (QED) is 0.668. The molecule has 8 nitrogen and oxygen atoms in total. The fourth-order valence-electron chi connectivity index (χ4n) is 1.36. The van der Waals surface area contributed by atoms with Crippen molar-refractivity contribution in [3.63, 3.8) is 0 Å². The Bertz CT molecular complexity index is 655. The molecule has 0 saturated carbocycles. The van der Waals surface area contributed by atoms with Gasteiger partial charge in [0.2, 0.25) is 0 Å².